The van der Waals surface area contributed by atoms with Gasteiger partial charge in [0.2, 0.25) is 11.8 Å². The normalized spacial score (nSPS) is 19.9. The highest BCUT2D eigenvalue weighted by molar-refractivity contribution is 6.35. The van der Waals surface area contributed by atoms with E-state index in [4.69, 9.17) is 23.2 Å². The smallest absolute Gasteiger partial charge is 0.224 e. The van der Waals surface area contributed by atoms with E-state index < -0.39 is 0 Å². The molecule has 22 heavy (non-hydrogen) atoms. The lowest BCUT2D eigenvalue weighted by atomic mass is 10.1. The van der Waals surface area contributed by atoms with Gasteiger partial charge in [-0.3, -0.25) is 9.59 Å². The minimum Gasteiger partial charge on any atom is -0.356 e. The Morgan fingerprint density at radius 2 is 1.91 bits per heavy atom. The molecule has 0 radical (unpaired) electrons. The average molecular weight is 343 g/mol. The van der Waals surface area contributed by atoms with Gasteiger partial charge in [0.1, 0.15) is 0 Å². The van der Waals surface area contributed by atoms with E-state index in [1.165, 1.54) is 0 Å². The number of hydrogen-bond donors (Lipinski definition) is 2. The second-order valence-electron chi connectivity index (χ2n) is 5.89. The molecule has 2 atom stereocenters. The van der Waals surface area contributed by atoms with E-state index in [9.17, 15) is 9.59 Å². The summed E-state index contributed by atoms with van der Waals surface area (Å²) < 4.78 is 0. The number of halogens is 2. The Morgan fingerprint density at radius 3 is 2.55 bits per heavy atom. The lowest BCUT2D eigenvalue weighted by molar-refractivity contribution is -0.127. The number of rotatable bonds is 6. The molecule has 1 aliphatic rings. The molecule has 0 spiro atoms. The van der Waals surface area contributed by atoms with Crippen LogP contribution in [0.25, 0.3) is 0 Å². The number of carbonyl (C=O) groups is 2. The second kappa shape index (κ2) is 7.34. The lowest BCUT2D eigenvalue weighted by Gasteiger charge is -2.09. The number of nitrogens with one attached hydrogen (secondary N) is 2. The topological polar surface area (TPSA) is 58.2 Å². The van der Waals surface area contributed by atoms with Crippen molar-refractivity contribution in [2.45, 2.75) is 32.7 Å². The fraction of sp³-hybridized carbons (Fsp3) is 0.500. The molecule has 1 aromatic carbocycles. The third kappa shape index (κ3) is 4.62. The van der Waals surface area contributed by atoms with Crippen LogP contribution in [0.4, 0.5) is 0 Å². The number of amides is 2. The Hall–Kier alpha value is -1.26. The van der Waals surface area contributed by atoms with Gasteiger partial charge in [-0.25, -0.2) is 0 Å². The summed E-state index contributed by atoms with van der Waals surface area (Å²) in [4.78, 5) is 23.8. The molecular formula is C16H20Cl2N2O2. The number of hydrogen-bond acceptors (Lipinski definition) is 2. The van der Waals surface area contributed by atoms with Crippen molar-refractivity contribution in [2.75, 3.05) is 6.54 Å². The molecule has 4 nitrogen and oxygen atoms in total. The maximum absolute atomic E-state index is 12.0. The van der Waals surface area contributed by atoms with Crippen molar-refractivity contribution in [3.05, 3.63) is 33.8 Å². The summed E-state index contributed by atoms with van der Waals surface area (Å²) in [6.45, 7) is 4.31. The molecule has 0 heterocycles. The largest absolute Gasteiger partial charge is 0.356 e. The maximum atomic E-state index is 12.0. The monoisotopic (exact) mass is 342 g/mol. The molecule has 2 amide bonds. The summed E-state index contributed by atoms with van der Waals surface area (Å²) in [5.41, 5.74) is 0.941. The molecule has 1 aromatic rings. The van der Waals surface area contributed by atoms with Crippen LogP contribution in [0.1, 0.15) is 25.8 Å². The van der Waals surface area contributed by atoms with Crippen molar-refractivity contribution >= 4 is 35.0 Å². The summed E-state index contributed by atoms with van der Waals surface area (Å²) >= 11 is 11.9. The minimum atomic E-state index is -0.195. The van der Waals surface area contributed by atoms with Crippen LogP contribution in [0.15, 0.2) is 18.2 Å². The third-order valence-corrected chi connectivity index (χ3v) is 4.19. The Bertz CT molecular complexity index is 575. The molecule has 120 valence electrons. The van der Waals surface area contributed by atoms with Gasteiger partial charge in [-0.15, -0.1) is 0 Å². The van der Waals surface area contributed by atoms with Crippen LogP contribution in [-0.2, 0) is 16.0 Å². The second-order valence-corrected chi connectivity index (χ2v) is 6.73. The predicted molar refractivity (Wildman–Crippen MR) is 88.1 cm³/mol. The average Bonchev–Trinajstić information content (AvgIpc) is 3.20. The van der Waals surface area contributed by atoms with Crippen molar-refractivity contribution in [1.29, 1.82) is 0 Å². The Balaban J connectivity index is 1.74. The molecular weight excluding hydrogens is 323 g/mol. The van der Waals surface area contributed by atoms with Gasteiger partial charge in [0.25, 0.3) is 0 Å². The first-order valence-electron chi connectivity index (χ1n) is 7.40. The van der Waals surface area contributed by atoms with Gasteiger partial charge in [-0.1, -0.05) is 29.3 Å². The van der Waals surface area contributed by atoms with Gasteiger partial charge >= 0.3 is 0 Å². The first-order valence-corrected chi connectivity index (χ1v) is 8.16. The summed E-state index contributed by atoms with van der Waals surface area (Å²) in [5, 5.41) is 6.89. The van der Waals surface area contributed by atoms with E-state index >= 15 is 0 Å². The van der Waals surface area contributed by atoms with E-state index in [1.807, 2.05) is 19.9 Å². The van der Waals surface area contributed by atoms with Crippen LogP contribution in [0, 0.1) is 11.8 Å². The zero-order valence-electron chi connectivity index (χ0n) is 12.7. The number of carbonyl (C=O) groups excluding carboxylic acids is 2. The summed E-state index contributed by atoms with van der Waals surface area (Å²) in [5.74, 6) is -0.467. The highest BCUT2D eigenvalue weighted by atomic mass is 35.5. The molecule has 2 unspecified atom stereocenters. The SMILES string of the molecule is CC(C)NC(=O)C1CC1C(=O)NCCc1ccc(Cl)cc1Cl. The van der Waals surface area contributed by atoms with Crippen molar-refractivity contribution in [2.24, 2.45) is 11.8 Å². The van der Waals surface area contributed by atoms with Crippen molar-refractivity contribution < 1.29 is 9.59 Å². The molecule has 6 heteroatoms. The Morgan fingerprint density at radius 1 is 1.23 bits per heavy atom. The lowest BCUT2D eigenvalue weighted by Crippen LogP contribution is -2.34. The van der Waals surface area contributed by atoms with Crippen LogP contribution in [0.2, 0.25) is 10.0 Å². The van der Waals surface area contributed by atoms with Crippen LogP contribution < -0.4 is 10.6 Å². The van der Waals surface area contributed by atoms with Gasteiger partial charge in [-0.05, 0) is 44.4 Å². The zero-order valence-corrected chi connectivity index (χ0v) is 14.2. The first kappa shape index (κ1) is 17.1. The van der Waals surface area contributed by atoms with E-state index in [1.54, 1.807) is 12.1 Å². The van der Waals surface area contributed by atoms with Crippen molar-refractivity contribution in [3.8, 4) is 0 Å². The van der Waals surface area contributed by atoms with Gasteiger partial charge in [-0.2, -0.15) is 0 Å². The van der Waals surface area contributed by atoms with E-state index in [0.717, 1.165) is 5.56 Å². The fourth-order valence-corrected chi connectivity index (χ4v) is 2.84. The maximum Gasteiger partial charge on any atom is 0.224 e. The van der Waals surface area contributed by atoms with E-state index in [0.29, 0.717) is 29.4 Å². The molecule has 1 aliphatic carbocycles. The number of benzene rings is 1. The Kier molecular flexibility index (Phi) is 5.70. The van der Waals surface area contributed by atoms with Gasteiger partial charge < -0.3 is 10.6 Å². The van der Waals surface area contributed by atoms with Crippen LogP contribution in [0.5, 0.6) is 0 Å². The molecule has 1 saturated carbocycles. The Labute approximate surface area is 140 Å². The fourth-order valence-electron chi connectivity index (χ4n) is 2.34. The highest BCUT2D eigenvalue weighted by Crippen LogP contribution is 2.38. The van der Waals surface area contributed by atoms with Gasteiger partial charge in [0.15, 0.2) is 0 Å². The molecule has 0 aromatic heterocycles. The van der Waals surface area contributed by atoms with Crippen LogP contribution in [-0.4, -0.2) is 24.4 Å². The molecule has 2 rings (SSSR count). The van der Waals surface area contributed by atoms with E-state index in [2.05, 4.69) is 10.6 Å². The van der Waals surface area contributed by atoms with Crippen LogP contribution in [0.3, 0.4) is 0 Å². The van der Waals surface area contributed by atoms with Crippen LogP contribution >= 0.6 is 23.2 Å². The van der Waals surface area contributed by atoms with Gasteiger partial charge in [0, 0.05) is 22.6 Å². The third-order valence-electron chi connectivity index (χ3n) is 3.60. The zero-order chi connectivity index (χ0) is 16.3. The minimum absolute atomic E-state index is 0.0316. The molecule has 0 bridgehead atoms. The van der Waals surface area contributed by atoms with E-state index in [-0.39, 0.29) is 29.7 Å². The van der Waals surface area contributed by atoms with Gasteiger partial charge in [0.05, 0.1) is 11.8 Å². The molecule has 2 N–H and O–H groups in total. The van der Waals surface area contributed by atoms with Crippen molar-refractivity contribution in [3.63, 3.8) is 0 Å². The standard InChI is InChI=1S/C16H20Cl2N2O2/c1-9(2)20-16(22)13-8-12(13)15(21)19-6-5-10-3-4-11(17)7-14(10)18/h3-4,7,9,12-13H,5-6,8H2,1-2H3,(H,19,21)(H,20,22). The summed E-state index contributed by atoms with van der Waals surface area (Å²) in [7, 11) is 0. The first-order chi connectivity index (χ1) is 10.4. The van der Waals surface area contributed by atoms with Crippen molar-refractivity contribution in [1.82, 2.24) is 10.6 Å². The molecule has 1 fully saturated rings. The molecule has 0 aliphatic heterocycles. The highest BCUT2D eigenvalue weighted by Gasteiger charge is 2.47. The quantitative estimate of drug-likeness (QED) is 0.835. The summed E-state index contributed by atoms with van der Waals surface area (Å²) in [6.07, 6.45) is 1.27. The summed E-state index contributed by atoms with van der Waals surface area (Å²) in [6, 6.07) is 5.42. The molecule has 0 saturated heterocycles. The predicted octanol–water partition coefficient (Wildman–Crippen LogP) is 2.81.